The molecule has 0 atom stereocenters. The molecule has 34 heteroatoms. The van der Waals surface area contributed by atoms with Crippen molar-refractivity contribution in [3.8, 4) is 0 Å². The van der Waals surface area contributed by atoms with E-state index in [1.54, 1.807) is 0 Å². The first-order valence-corrected chi connectivity index (χ1v) is 6.89. The van der Waals surface area contributed by atoms with Gasteiger partial charge in [-0.2, -0.15) is 0 Å². The molecular weight excluding hydrogens is 739 g/mol. The molecule has 4 nitrogen and oxygen atoms in total. The third kappa shape index (κ3) is 99.0. The van der Waals surface area contributed by atoms with Gasteiger partial charge in [0, 0.05) is 152 Å². The van der Waals surface area contributed by atoms with Crippen LogP contribution in [0.3, 0.4) is 0 Å². The number of rotatable bonds is 1. The Bertz CT molecular complexity index is 385. The highest BCUT2D eigenvalue weighted by Crippen LogP contribution is 2.24. The summed E-state index contributed by atoms with van der Waals surface area (Å²) in [5.74, 6) is -0.915. The number of nitrogens with zero attached hydrogens (tertiary/aromatic N) is 2. The summed E-state index contributed by atoms with van der Waals surface area (Å²) < 4.78 is 224. The van der Waals surface area contributed by atoms with Gasteiger partial charge in [-0.1, -0.05) is 0 Å². The van der Waals surface area contributed by atoms with Gasteiger partial charge >= 0.3 is 5.97 Å². The first kappa shape index (κ1) is 90.1. The lowest BCUT2D eigenvalue weighted by Gasteiger charge is -2.20. The van der Waals surface area contributed by atoms with E-state index < -0.39 is 5.97 Å². The number of halogens is 29. The summed E-state index contributed by atoms with van der Waals surface area (Å²) in [6.07, 6.45) is 0.871. The zero-order chi connectivity index (χ0) is 37.4. The second-order valence-corrected chi connectivity index (χ2v) is 4.27. The van der Waals surface area contributed by atoms with Crippen LogP contribution < -0.4 is 0 Å². The molecule has 1 aliphatic heterocycles. The second-order valence-electron chi connectivity index (χ2n) is 3.18. The highest BCUT2D eigenvalue weighted by Gasteiger charge is 2.20. The van der Waals surface area contributed by atoms with Gasteiger partial charge in [0.25, 0.3) is 0 Å². The van der Waals surface area contributed by atoms with E-state index in [2.05, 4.69) is 9.88 Å². The molecular formula is C8H11F29N2O2S. The summed E-state index contributed by atoms with van der Waals surface area (Å²) in [4.78, 5) is 18.0. The normalized spacial score (nSPS) is 7.26. The summed E-state index contributed by atoms with van der Waals surface area (Å²) in [5, 5.41) is 8.96. The molecule has 1 N–H and O–H groups in total. The maximum atomic E-state index is 10.6. The standard InChI is InChI=1S/C8H10N2O2S.14F2.FH/c1-10-3-2-5-6(4-10)13-7(9-5)8(11)12;14*1-2;/h2-4H2,1H3,(H,11,12);;;;;;;;;;;;;;;1H. The van der Waals surface area contributed by atoms with Gasteiger partial charge in [-0.3, -0.25) is 4.70 Å². The number of likely N-dealkylation sites (N-methyl/N-ethyl adjacent to an activating group) is 1. The van der Waals surface area contributed by atoms with Crippen molar-refractivity contribution in [2.75, 3.05) is 13.6 Å². The summed E-state index contributed by atoms with van der Waals surface area (Å²) in [6, 6.07) is 0. The monoisotopic (exact) mass is 750 g/mol. The number of fused-ring (bicyclic) bond motifs is 1. The van der Waals surface area contributed by atoms with E-state index in [9.17, 15) is 4.79 Å². The van der Waals surface area contributed by atoms with Crippen LogP contribution in [0.4, 0.5) is 133 Å². The number of carboxylic acids is 1. The molecule has 0 radical (unpaired) electrons. The third-order valence-corrected chi connectivity index (χ3v) is 3.18. The Balaban J connectivity index is -0.0000000194. The molecule has 0 spiro atoms. The van der Waals surface area contributed by atoms with Crippen LogP contribution in [0.2, 0.25) is 0 Å². The van der Waals surface area contributed by atoms with Gasteiger partial charge < -0.3 is 10.0 Å². The molecule has 0 saturated heterocycles. The van der Waals surface area contributed by atoms with Crippen molar-refractivity contribution in [2.45, 2.75) is 13.0 Å². The van der Waals surface area contributed by atoms with Crippen molar-refractivity contribution in [3.63, 3.8) is 0 Å². The number of carbonyl (C=O) groups is 1. The van der Waals surface area contributed by atoms with Gasteiger partial charge in [-0.25, -0.2) is 9.78 Å². The highest BCUT2D eigenvalue weighted by molar-refractivity contribution is 7.13. The van der Waals surface area contributed by atoms with Crippen molar-refractivity contribution in [1.82, 2.24) is 9.88 Å². The fourth-order valence-corrected chi connectivity index (χ4v) is 2.44. The molecule has 1 aliphatic rings. The van der Waals surface area contributed by atoms with E-state index in [0.717, 1.165) is 30.1 Å². The van der Waals surface area contributed by atoms with Crippen molar-refractivity contribution in [1.29, 1.82) is 0 Å². The average molecular weight is 750 g/mol. The number of hydrogen-bond acceptors (Lipinski definition) is 4. The van der Waals surface area contributed by atoms with Gasteiger partial charge in [-0.15, -0.1) is 11.3 Å². The van der Waals surface area contributed by atoms with E-state index in [0.29, 0.717) is 0 Å². The Morgan fingerprint density at radius 1 is 0.595 bits per heavy atom. The van der Waals surface area contributed by atoms with Crippen LogP contribution in [0.15, 0.2) is 0 Å². The Hall–Kier alpha value is -2.97. The molecule has 274 valence electrons. The molecule has 1 aromatic heterocycles. The molecule has 1 aromatic rings. The maximum absolute atomic E-state index is 10.6. The molecule has 2 heterocycles. The number of carboxylic acid groups (broad SMARTS) is 1. The van der Waals surface area contributed by atoms with Gasteiger partial charge in [0.15, 0.2) is 0 Å². The van der Waals surface area contributed by atoms with Crippen LogP contribution in [0.25, 0.3) is 0 Å². The summed E-state index contributed by atoms with van der Waals surface area (Å²) in [5.41, 5.74) is 0.973. The van der Waals surface area contributed by atoms with E-state index in [1.165, 1.54) is 11.3 Å². The van der Waals surface area contributed by atoms with Crippen LogP contribution >= 0.6 is 11.3 Å². The highest BCUT2D eigenvalue weighted by atomic mass is 32.1. The fourth-order valence-electron chi connectivity index (χ4n) is 1.41. The summed E-state index contributed by atoms with van der Waals surface area (Å²) in [7, 11) is 2.03. The first-order chi connectivity index (χ1) is 20.2. The van der Waals surface area contributed by atoms with Crippen LogP contribution in [0.1, 0.15) is 20.4 Å². The Morgan fingerprint density at radius 3 is 1.05 bits per heavy atom. The predicted octanol–water partition coefficient (Wildman–Crippen LogP) is 12.7. The molecule has 0 fully saturated rings. The SMILES string of the molecule is CN1CCc2nc(C(=O)O)sc2C1.F.FF.FF.FF.FF.FF.FF.FF.FF.FF.FF.FF.FF.FF.FF. The second kappa shape index (κ2) is 180. The lowest BCUT2D eigenvalue weighted by Crippen LogP contribution is -2.25. The smallest absolute Gasteiger partial charge is 0.365 e. The van der Waals surface area contributed by atoms with Crippen LogP contribution in [0, 0.1) is 0 Å². The number of aromatic carboxylic acids is 1. The van der Waals surface area contributed by atoms with Gasteiger partial charge in [-0.05, 0) is 7.05 Å². The number of aromatic nitrogens is 1. The molecule has 0 aromatic carbocycles. The summed E-state index contributed by atoms with van der Waals surface area (Å²) in [6.45, 7) is 1.80. The van der Waals surface area contributed by atoms with Crippen molar-refractivity contribution in [2.24, 2.45) is 0 Å². The maximum Gasteiger partial charge on any atom is 0.365 e. The summed E-state index contributed by atoms with van der Waals surface area (Å²) >= 11 is 1.29. The van der Waals surface area contributed by atoms with Gasteiger partial charge in [0.1, 0.15) is 0 Å². The minimum Gasteiger partial charge on any atom is -0.476 e. The van der Waals surface area contributed by atoms with Crippen molar-refractivity contribution >= 4 is 17.3 Å². The minimum atomic E-state index is -0.915. The topological polar surface area (TPSA) is 53.4 Å². The number of thiazole rings is 1. The molecule has 42 heavy (non-hydrogen) atoms. The van der Waals surface area contributed by atoms with E-state index in [4.69, 9.17) is 133 Å². The van der Waals surface area contributed by atoms with Crippen LogP contribution in [0.5, 0.6) is 0 Å². The van der Waals surface area contributed by atoms with E-state index in [-0.39, 0.29) is 9.71 Å². The molecule has 0 saturated carbocycles. The fraction of sp³-hybridized carbons (Fsp3) is 0.500. The van der Waals surface area contributed by atoms with Gasteiger partial charge in [0.2, 0.25) is 5.01 Å². The number of hydrogen-bond donors (Lipinski definition) is 1. The molecule has 2 rings (SSSR count). The lowest BCUT2D eigenvalue weighted by molar-refractivity contribution is 0.0696. The van der Waals surface area contributed by atoms with Crippen molar-refractivity contribution < 1.29 is 143 Å². The van der Waals surface area contributed by atoms with E-state index in [1.807, 2.05) is 7.05 Å². The van der Waals surface area contributed by atoms with Crippen LogP contribution in [-0.2, 0) is 13.0 Å². The Morgan fingerprint density at radius 2 is 0.833 bits per heavy atom. The lowest BCUT2D eigenvalue weighted by atomic mass is 10.2. The third-order valence-electron chi connectivity index (χ3n) is 2.11. The average Bonchev–Trinajstić information content (AvgIpc) is 3.57. The molecule has 0 aliphatic carbocycles. The minimum absolute atomic E-state index is 0. The molecule has 0 unspecified atom stereocenters. The molecule has 0 bridgehead atoms. The van der Waals surface area contributed by atoms with Gasteiger partial charge in [0.05, 0.1) is 5.69 Å². The van der Waals surface area contributed by atoms with E-state index >= 15 is 0 Å². The molecule has 0 amide bonds. The van der Waals surface area contributed by atoms with Crippen LogP contribution in [-0.4, -0.2) is 34.6 Å². The zero-order valence-corrected chi connectivity index (χ0v) is 19.1. The predicted molar refractivity (Wildman–Crippen MR) is 82.6 cm³/mol. The van der Waals surface area contributed by atoms with Crippen molar-refractivity contribution in [3.05, 3.63) is 15.6 Å². The first-order valence-electron chi connectivity index (χ1n) is 6.07. The largest absolute Gasteiger partial charge is 0.476 e. The zero-order valence-electron chi connectivity index (χ0n) is 18.3. The quantitative estimate of drug-likeness (QED) is 0.291. The Kier molecular flexibility index (Phi) is 386. The Labute approximate surface area is 213 Å².